The van der Waals surface area contributed by atoms with E-state index in [4.69, 9.17) is 14.3 Å². The second-order valence-corrected chi connectivity index (χ2v) is 10.1. The van der Waals surface area contributed by atoms with Crippen LogP contribution >= 0.6 is 11.8 Å². The molecule has 1 aliphatic rings. The first kappa shape index (κ1) is 27.8. The molecule has 0 radical (unpaired) electrons. The van der Waals surface area contributed by atoms with Crippen LogP contribution in [-0.2, 0) is 12.7 Å². The van der Waals surface area contributed by atoms with Crippen LogP contribution in [0, 0.1) is 0 Å². The van der Waals surface area contributed by atoms with Crippen LogP contribution in [-0.4, -0.2) is 64.5 Å². The number of nitrogens with zero attached hydrogens (tertiary/aromatic N) is 3. The van der Waals surface area contributed by atoms with Crippen LogP contribution in [0.3, 0.4) is 0 Å². The third kappa shape index (κ3) is 7.41. The summed E-state index contributed by atoms with van der Waals surface area (Å²) in [6.45, 7) is 2.77. The van der Waals surface area contributed by atoms with Crippen LogP contribution < -0.4 is 10.2 Å². The van der Waals surface area contributed by atoms with Gasteiger partial charge in [-0.1, -0.05) is 6.07 Å². The number of pyridine rings is 1. The molecule has 8 nitrogen and oxygen atoms in total. The fourth-order valence-corrected chi connectivity index (χ4v) is 5.17. The van der Waals surface area contributed by atoms with Gasteiger partial charge in [-0.05, 0) is 43.2 Å². The van der Waals surface area contributed by atoms with Gasteiger partial charge >= 0.3 is 12.3 Å². The van der Waals surface area contributed by atoms with E-state index in [1.807, 2.05) is 11.0 Å². The number of fused-ring (bicyclic) bond motifs is 1. The molecule has 1 fully saturated rings. The Kier molecular flexibility index (Phi) is 9.16. The largest absolute Gasteiger partial charge is 0.487 e. The number of benzene rings is 1. The van der Waals surface area contributed by atoms with E-state index in [-0.39, 0.29) is 11.2 Å². The number of carboxylic acid groups (broad SMARTS) is 1. The molecule has 3 heterocycles. The molecule has 4 rings (SSSR count). The molecule has 0 bridgehead atoms. The summed E-state index contributed by atoms with van der Waals surface area (Å²) < 4.78 is 50.0. The van der Waals surface area contributed by atoms with Crippen molar-refractivity contribution < 1.29 is 32.2 Å². The Hall–Kier alpha value is -3.25. The monoisotopic (exact) mass is 551 g/mol. The fourth-order valence-electron chi connectivity index (χ4n) is 4.11. The number of amides is 1. The van der Waals surface area contributed by atoms with Crippen molar-refractivity contribution in [1.29, 1.82) is 0 Å². The lowest BCUT2D eigenvalue weighted by atomic mass is 10.1. The quantitative estimate of drug-likeness (QED) is 0.266. The van der Waals surface area contributed by atoms with Crippen LogP contribution in [0.25, 0.3) is 10.9 Å². The molecule has 0 atom stereocenters. The van der Waals surface area contributed by atoms with Crippen molar-refractivity contribution in [1.82, 2.24) is 14.8 Å². The smallest absolute Gasteiger partial charge is 0.416 e. The zero-order valence-electron chi connectivity index (χ0n) is 20.6. The Morgan fingerprint density at radius 2 is 1.89 bits per heavy atom. The maximum Gasteiger partial charge on any atom is 0.416 e. The minimum atomic E-state index is -4.40. The zero-order valence-corrected chi connectivity index (χ0v) is 21.4. The first-order valence-electron chi connectivity index (χ1n) is 12.2. The highest BCUT2D eigenvalue weighted by molar-refractivity contribution is 7.99. The Morgan fingerprint density at radius 1 is 1.11 bits per heavy atom. The number of rotatable bonds is 10. The second-order valence-electron chi connectivity index (χ2n) is 8.92. The summed E-state index contributed by atoms with van der Waals surface area (Å²) in [5, 5.41) is 9.72. The lowest BCUT2D eigenvalue weighted by molar-refractivity contribution is -0.137. The summed E-state index contributed by atoms with van der Waals surface area (Å²) in [6.07, 6.45) is -0.00709. The molecule has 38 heavy (non-hydrogen) atoms. The zero-order chi connectivity index (χ0) is 27.1. The van der Waals surface area contributed by atoms with E-state index in [0.29, 0.717) is 56.0 Å². The predicted octanol–water partition coefficient (Wildman–Crippen LogP) is 5.34. The fraction of sp³-hybridized carbons (Fsp3) is 0.423. The van der Waals surface area contributed by atoms with E-state index in [9.17, 15) is 22.8 Å². The maximum absolute atomic E-state index is 12.9. The van der Waals surface area contributed by atoms with E-state index in [2.05, 4.69) is 4.98 Å². The van der Waals surface area contributed by atoms with E-state index < -0.39 is 17.8 Å². The van der Waals surface area contributed by atoms with Crippen LogP contribution in [0.4, 0.5) is 18.0 Å². The average molecular weight is 552 g/mol. The summed E-state index contributed by atoms with van der Waals surface area (Å²) in [5.74, 6) is 1.44. The standard InChI is InChI=1S/C26H28F3N3O5S/c27-26(28,29)18-4-5-20-21(14-18)30-7-6-24(20)38-13-3-1-2-12-36-23-17-37-19(15-22(23)33)16-31-8-10-32(11-9-31)25(34)35/h4-7,14-15,17H,1-3,8-13,16H2,(H,34,35). The molecule has 0 aliphatic carbocycles. The molecule has 0 saturated carbocycles. The summed E-state index contributed by atoms with van der Waals surface area (Å²) in [7, 11) is 0. The Balaban J connectivity index is 1.16. The van der Waals surface area contributed by atoms with Crippen LogP contribution in [0.2, 0.25) is 0 Å². The minimum Gasteiger partial charge on any atom is -0.487 e. The highest BCUT2D eigenvalue weighted by Crippen LogP contribution is 2.34. The van der Waals surface area contributed by atoms with Crippen molar-refractivity contribution in [2.45, 2.75) is 36.9 Å². The van der Waals surface area contributed by atoms with Gasteiger partial charge in [0.25, 0.3) is 0 Å². The van der Waals surface area contributed by atoms with Gasteiger partial charge in [-0.3, -0.25) is 14.7 Å². The van der Waals surface area contributed by atoms with E-state index in [0.717, 1.165) is 42.0 Å². The number of hydrogen-bond donors (Lipinski definition) is 1. The molecule has 0 unspecified atom stereocenters. The number of carbonyl (C=O) groups is 1. The van der Waals surface area contributed by atoms with E-state index in [1.54, 1.807) is 11.8 Å². The lowest BCUT2D eigenvalue weighted by Gasteiger charge is -2.32. The van der Waals surface area contributed by atoms with Gasteiger partial charge in [-0.25, -0.2) is 4.79 Å². The number of unbranched alkanes of at least 4 members (excludes halogenated alkanes) is 2. The Morgan fingerprint density at radius 3 is 2.61 bits per heavy atom. The molecule has 204 valence electrons. The molecule has 1 saturated heterocycles. The Labute approximate surface area is 221 Å². The van der Waals surface area contributed by atoms with Gasteiger partial charge in [-0.15, -0.1) is 11.8 Å². The number of alkyl halides is 3. The number of piperazine rings is 1. The summed E-state index contributed by atoms with van der Waals surface area (Å²) in [6, 6.07) is 6.84. The molecule has 0 spiro atoms. The van der Waals surface area contributed by atoms with E-state index >= 15 is 0 Å². The van der Waals surface area contributed by atoms with Gasteiger partial charge in [0.1, 0.15) is 12.0 Å². The molecule has 3 aromatic rings. The number of halogens is 3. The first-order valence-corrected chi connectivity index (χ1v) is 13.2. The summed E-state index contributed by atoms with van der Waals surface area (Å²) in [5.41, 5.74) is -0.646. The van der Waals surface area contributed by atoms with E-state index in [1.165, 1.54) is 29.5 Å². The van der Waals surface area contributed by atoms with Crippen molar-refractivity contribution in [2.75, 3.05) is 38.5 Å². The van der Waals surface area contributed by atoms with Gasteiger partial charge in [0.15, 0.2) is 0 Å². The number of ether oxygens (including phenoxy) is 1. The predicted molar refractivity (Wildman–Crippen MR) is 137 cm³/mol. The van der Waals surface area contributed by atoms with Gasteiger partial charge in [0.2, 0.25) is 11.2 Å². The molecule has 1 N–H and O–H groups in total. The van der Waals surface area contributed by atoms with Crippen molar-refractivity contribution in [3.63, 3.8) is 0 Å². The highest BCUT2D eigenvalue weighted by Gasteiger charge is 2.30. The van der Waals surface area contributed by atoms with Crippen LogP contribution in [0.15, 0.2) is 56.9 Å². The normalized spacial score (nSPS) is 14.7. The van der Waals surface area contributed by atoms with Gasteiger partial charge in [-0.2, -0.15) is 13.2 Å². The minimum absolute atomic E-state index is 0.153. The molecular formula is C26H28F3N3O5S. The molecular weight excluding hydrogens is 523 g/mol. The summed E-state index contributed by atoms with van der Waals surface area (Å²) in [4.78, 5) is 31.7. The first-order chi connectivity index (χ1) is 18.2. The molecule has 2 aromatic heterocycles. The third-order valence-corrected chi connectivity index (χ3v) is 7.37. The van der Waals surface area contributed by atoms with Crippen LogP contribution in [0.5, 0.6) is 5.75 Å². The maximum atomic E-state index is 12.9. The average Bonchev–Trinajstić information content (AvgIpc) is 2.88. The molecule has 1 aliphatic heterocycles. The molecule has 1 amide bonds. The molecule has 12 heteroatoms. The van der Waals surface area contributed by atoms with Crippen molar-refractivity contribution in [3.8, 4) is 5.75 Å². The van der Waals surface area contributed by atoms with Gasteiger partial charge in [0, 0.05) is 48.7 Å². The van der Waals surface area contributed by atoms with Crippen molar-refractivity contribution in [3.05, 3.63) is 64.3 Å². The lowest BCUT2D eigenvalue weighted by Crippen LogP contribution is -2.47. The number of aromatic nitrogens is 1. The SMILES string of the molecule is O=C(O)N1CCN(Cc2cc(=O)c(OCCCCCSc3ccnc4cc(C(F)(F)F)ccc34)co2)CC1. The Bertz CT molecular complexity index is 1310. The second kappa shape index (κ2) is 12.5. The third-order valence-electron chi connectivity index (χ3n) is 6.21. The number of thioether (sulfide) groups is 1. The highest BCUT2D eigenvalue weighted by atomic mass is 32.2. The van der Waals surface area contributed by atoms with Crippen LogP contribution in [0.1, 0.15) is 30.6 Å². The van der Waals surface area contributed by atoms with Crippen molar-refractivity contribution >= 4 is 28.8 Å². The summed E-state index contributed by atoms with van der Waals surface area (Å²) >= 11 is 1.57. The molecule has 1 aromatic carbocycles. The van der Waals surface area contributed by atoms with Crippen molar-refractivity contribution in [2.24, 2.45) is 0 Å². The number of hydrogen-bond acceptors (Lipinski definition) is 7. The van der Waals surface area contributed by atoms with Gasteiger partial charge in [0.05, 0.1) is 24.2 Å². The topological polar surface area (TPSA) is 96.1 Å². The van der Waals surface area contributed by atoms with Gasteiger partial charge < -0.3 is 19.2 Å².